The second-order valence-electron chi connectivity index (χ2n) is 7.72. The van der Waals surface area contributed by atoms with Crippen LogP contribution in [0.4, 0.5) is 0 Å². The van der Waals surface area contributed by atoms with E-state index in [0.717, 1.165) is 12.8 Å². The average molecular weight is 284 g/mol. The van der Waals surface area contributed by atoms with Crippen LogP contribution in [-0.4, -0.2) is 23.3 Å². The van der Waals surface area contributed by atoms with Gasteiger partial charge < -0.3 is 9.84 Å². The Hall–Kier alpha value is -0.570. The highest BCUT2D eigenvalue weighted by atomic mass is 16.5. The van der Waals surface area contributed by atoms with Crippen molar-refractivity contribution in [2.24, 2.45) is 23.2 Å². The van der Waals surface area contributed by atoms with Crippen molar-refractivity contribution in [2.45, 2.75) is 72.8 Å². The lowest BCUT2D eigenvalue weighted by molar-refractivity contribution is -0.166. The molecule has 0 heterocycles. The van der Waals surface area contributed by atoms with Crippen LogP contribution in [0.1, 0.15) is 67.2 Å². The summed E-state index contributed by atoms with van der Waals surface area (Å²) in [6.45, 7) is 13.0. The third-order valence-corrected chi connectivity index (χ3v) is 4.86. The molecule has 20 heavy (non-hydrogen) atoms. The number of hydrogen-bond acceptors (Lipinski definition) is 3. The molecule has 1 aliphatic rings. The van der Waals surface area contributed by atoms with E-state index >= 15 is 0 Å². The van der Waals surface area contributed by atoms with Crippen LogP contribution in [0, 0.1) is 23.2 Å². The number of hydrogen-bond donors (Lipinski definition) is 1. The molecule has 0 spiro atoms. The Morgan fingerprint density at radius 3 is 2.15 bits per heavy atom. The minimum atomic E-state index is -0.887. The number of rotatable bonds is 4. The standard InChI is InChI=1S/C17H32O3/c1-7-20-15(18)14(12(2)3)17(19)10-8-13(9-11-17)16(4,5)6/h12-14,19H,7-11H2,1-6H3. The third kappa shape index (κ3) is 3.97. The minimum Gasteiger partial charge on any atom is -0.466 e. The molecule has 0 aliphatic heterocycles. The maximum atomic E-state index is 12.2. The predicted octanol–water partition coefficient (Wildman–Crippen LogP) is 3.79. The Kier molecular flexibility index (Phi) is 5.65. The molecule has 1 rings (SSSR count). The van der Waals surface area contributed by atoms with Crippen LogP contribution in [-0.2, 0) is 9.53 Å². The van der Waals surface area contributed by atoms with Crippen LogP contribution in [0.25, 0.3) is 0 Å². The highest BCUT2D eigenvalue weighted by Crippen LogP contribution is 2.45. The molecule has 0 bridgehead atoms. The lowest BCUT2D eigenvalue weighted by Crippen LogP contribution is -2.49. The SMILES string of the molecule is CCOC(=O)C(C(C)C)C1(O)CCC(C(C)(C)C)CC1. The number of aliphatic hydroxyl groups is 1. The first-order valence-electron chi connectivity index (χ1n) is 8.01. The molecule has 1 N–H and O–H groups in total. The van der Waals surface area contributed by atoms with E-state index in [0.29, 0.717) is 25.4 Å². The van der Waals surface area contributed by atoms with Crippen molar-refractivity contribution < 1.29 is 14.6 Å². The summed E-state index contributed by atoms with van der Waals surface area (Å²) in [7, 11) is 0. The van der Waals surface area contributed by atoms with Gasteiger partial charge in [0.2, 0.25) is 0 Å². The van der Waals surface area contributed by atoms with E-state index in [2.05, 4.69) is 20.8 Å². The van der Waals surface area contributed by atoms with Crippen molar-refractivity contribution in [1.82, 2.24) is 0 Å². The van der Waals surface area contributed by atoms with Crippen molar-refractivity contribution in [1.29, 1.82) is 0 Å². The number of carbonyl (C=O) groups excluding carboxylic acids is 1. The van der Waals surface area contributed by atoms with E-state index in [9.17, 15) is 9.90 Å². The quantitative estimate of drug-likeness (QED) is 0.799. The molecule has 1 atom stereocenters. The monoisotopic (exact) mass is 284 g/mol. The Morgan fingerprint density at radius 2 is 1.80 bits per heavy atom. The second-order valence-corrected chi connectivity index (χ2v) is 7.72. The molecule has 0 aromatic carbocycles. The van der Waals surface area contributed by atoms with Crippen LogP contribution >= 0.6 is 0 Å². The molecule has 1 aliphatic carbocycles. The molecule has 1 saturated carbocycles. The number of ether oxygens (including phenoxy) is 1. The molecule has 3 nitrogen and oxygen atoms in total. The van der Waals surface area contributed by atoms with Gasteiger partial charge in [-0.2, -0.15) is 0 Å². The Balaban J connectivity index is 2.80. The lowest BCUT2D eigenvalue weighted by atomic mass is 9.64. The van der Waals surface area contributed by atoms with E-state index in [4.69, 9.17) is 4.74 Å². The summed E-state index contributed by atoms with van der Waals surface area (Å²) in [5.41, 5.74) is -0.610. The predicted molar refractivity (Wildman–Crippen MR) is 81.3 cm³/mol. The van der Waals surface area contributed by atoms with Crippen molar-refractivity contribution in [3.8, 4) is 0 Å². The van der Waals surface area contributed by atoms with Gasteiger partial charge in [0.1, 0.15) is 0 Å². The fourth-order valence-electron chi connectivity index (χ4n) is 3.64. The molecule has 118 valence electrons. The van der Waals surface area contributed by atoms with Crippen molar-refractivity contribution in [3.63, 3.8) is 0 Å². The Labute approximate surface area is 124 Å². The van der Waals surface area contributed by atoms with E-state index in [1.165, 1.54) is 0 Å². The first-order chi connectivity index (χ1) is 9.12. The van der Waals surface area contributed by atoms with Gasteiger partial charge in [0.15, 0.2) is 0 Å². The first kappa shape index (κ1) is 17.5. The summed E-state index contributed by atoms with van der Waals surface area (Å²) in [4.78, 5) is 12.2. The molecular weight excluding hydrogens is 252 g/mol. The van der Waals surface area contributed by atoms with Gasteiger partial charge in [0.05, 0.1) is 18.1 Å². The summed E-state index contributed by atoms with van der Waals surface area (Å²) in [5, 5.41) is 11.0. The van der Waals surface area contributed by atoms with Gasteiger partial charge in [-0.25, -0.2) is 0 Å². The average Bonchev–Trinajstić information content (AvgIpc) is 2.27. The van der Waals surface area contributed by atoms with Gasteiger partial charge in [0, 0.05) is 0 Å². The molecule has 3 heteroatoms. The van der Waals surface area contributed by atoms with E-state index in [1.54, 1.807) is 0 Å². The van der Waals surface area contributed by atoms with Crippen LogP contribution in [0.3, 0.4) is 0 Å². The van der Waals surface area contributed by atoms with Crippen LogP contribution in [0.5, 0.6) is 0 Å². The molecule has 0 amide bonds. The van der Waals surface area contributed by atoms with Gasteiger partial charge in [-0.05, 0) is 49.9 Å². The minimum absolute atomic E-state index is 0.102. The molecule has 0 radical (unpaired) electrons. The topological polar surface area (TPSA) is 46.5 Å². The van der Waals surface area contributed by atoms with Crippen molar-refractivity contribution in [2.75, 3.05) is 6.61 Å². The Morgan fingerprint density at radius 1 is 1.30 bits per heavy atom. The van der Waals surface area contributed by atoms with Gasteiger partial charge >= 0.3 is 5.97 Å². The molecular formula is C17H32O3. The summed E-state index contributed by atoms with van der Waals surface area (Å²) >= 11 is 0. The molecule has 0 aromatic heterocycles. The van der Waals surface area contributed by atoms with Gasteiger partial charge in [-0.15, -0.1) is 0 Å². The highest BCUT2D eigenvalue weighted by Gasteiger charge is 2.47. The summed E-state index contributed by atoms with van der Waals surface area (Å²) < 4.78 is 5.18. The van der Waals surface area contributed by atoms with Crippen LogP contribution in [0.2, 0.25) is 0 Å². The largest absolute Gasteiger partial charge is 0.466 e. The highest BCUT2D eigenvalue weighted by molar-refractivity contribution is 5.74. The first-order valence-corrected chi connectivity index (χ1v) is 8.01. The van der Waals surface area contributed by atoms with Crippen molar-refractivity contribution >= 4 is 5.97 Å². The van der Waals surface area contributed by atoms with Crippen LogP contribution < -0.4 is 0 Å². The third-order valence-electron chi connectivity index (χ3n) is 4.86. The van der Waals surface area contributed by atoms with Crippen molar-refractivity contribution in [3.05, 3.63) is 0 Å². The second kappa shape index (κ2) is 6.46. The van der Waals surface area contributed by atoms with E-state index < -0.39 is 11.5 Å². The smallest absolute Gasteiger partial charge is 0.312 e. The summed E-state index contributed by atoms with van der Waals surface area (Å²) in [6, 6.07) is 0. The summed E-state index contributed by atoms with van der Waals surface area (Å²) in [6.07, 6.45) is 3.39. The zero-order valence-electron chi connectivity index (χ0n) is 14.0. The number of carbonyl (C=O) groups is 1. The maximum absolute atomic E-state index is 12.2. The molecule has 1 unspecified atom stereocenters. The molecule has 0 saturated heterocycles. The normalized spacial score (nSPS) is 29.3. The summed E-state index contributed by atoms with van der Waals surface area (Å²) in [5.74, 6) is 0.0885. The fraction of sp³-hybridized carbons (Fsp3) is 0.941. The molecule has 1 fully saturated rings. The van der Waals surface area contributed by atoms with Gasteiger partial charge in [-0.1, -0.05) is 34.6 Å². The van der Waals surface area contributed by atoms with Crippen LogP contribution in [0.15, 0.2) is 0 Å². The zero-order chi connectivity index (χ0) is 15.6. The number of esters is 1. The maximum Gasteiger partial charge on any atom is 0.312 e. The van der Waals surface area contributed by atoms with E-state index in [-0.39, 0.29) is 17.3 Å². The Bertz CT molecular complexity index is 320. The van der Waals surface area contributed by atoms with Gasteiger partial charge in [0.25, 0.3) is 0 Å². The molecule has 0 aromatic rings. The van der Waals surface area contributed by atoms with Gasteiger partial charge in [-0.3, -0.25) is 4.79 Å². The fourth-order valence-corrected chi connectivity index (χ4v) is 3.64. The zero-order valence-corrected chi connectivity index (χ0v) is 14.0. The lowest BCUT2D eigenvalue weighted by Gasteiger charge is -2.45. The van der Waals surface area contributed by atoms with E-state index in [1.807, 2.05) is 20.8 Å².